The van der Waals surface area contributed by atoms with Gasteiger partial charge in [0.1, 0.15) is 0 Å². The van der Waals surface area contributed by atoms with Gasteiger partial charge in [0, 0.05) is 22.5 Å². The largest absolute Gasteiger partial charge is 0.310 e. The zero-order valence-electron chi connectivity index (χ0n) is 34.8. The molecular weight excluding hydrogens is 747 g/mol. The zero-order chi connectivity index (χ0) is 41.4. The Balaban J connectivity index is 0.974. The van der Waals surface area contributed by atoms with E-state index in [0.29, 0.717) is 0 Å². The quantitative estimate of drug-likeness (QED) is 0.152. The monoisotopic (exact) mass is 789 g/mol. The summed E-state index contributed by atoms with van der Waals surface area (Å²) >= 11 is 0. The minimum Gasteiger partial charge on any atom is -0.310 e. The van der Waals surface area contributed by atoms with Gasteiger partial charge in [-0.25, -0.2) is 0 Å². The number of benzene rings is 11. The first kappa shape index (κ1) is 36.1. The third-order valence-electron chi connectivity index (χ3n) is 13.4. The van der Waals surface area contributed by atoms with E-state index in [1.807, 2.05) is 0 Å². The lowest BCUT2D eigenvalue weighted by Gasteiger charge is -2.27. The fraction of sp³-hybridized carbons (Fsp3) is 0.0492. The van der Waals surface area contributed by atoms with Crippen LogP contribution in [-0.2, 0) is 5.41 Å². The van der Waals surface area contributed by atoms with E-state index in [-0.39, 0.29) is 5.41 Å². The van der Waals surface area contributed by atoms with Gasteiger partial charge in [-0.1, -0.05) is 190 Å². The first-order valence-electron chi connectivity index (χ1n) is 21.7. The van der Waals surface area contributed by atoms with Crippen LogP contribution >= 0.6 is 0 Å². The van der Waals surface area contributed by atoms with E-state index in [4.69, 9.17) is 0 Å². The molecule has 1 nitrogen and oxygen atoms in total. The van der Waals surface area contributed by atoms with Gasteiger partial charge in [0.05, 0.1) is 0 Å². The average Bonchev–Trinajstić information content (AvgIpc) is 3.56. The van der Waals surface area contributed by atoms with Gasteiger partial charge in [-0.2, -0.15) is 0 Å². The Kier molecular flexibility index (Phi) is 8.27. The topological polar surface area (TPSA) is 3.24 Å². The molecule has 0 saturated carbocycles. The van der Waals surface area contributed by atoms with Gasteiger partial charge in [-0.05, 0) is 147 Å². The normalized spacial score (nSPS) is 12.8. The van der Waals surface area contributed by atoms with Crippen LogP contribution in [0.5, 0.6) is 0 Å². The Morgan fingerprint density at radius 3 is 1.55 bits per heavy atom. The molecule has 0 aromatic heterocycles. The lowest BCUT2D eigenvalue weighted by atomic mass is 9.81. The highest BCUT2D eigenvalue weighted by Gasteiger charge is 2.35. The van der Waals surface area contributed by atoms with E-state index < -0.39 is 0 Å². The smallest absolute Gasteiger partial charge is 0.0467 e. The molecule has 11 aromatic rings. The highest BCUT2D eigenvalue weighted by Crippen LogP contribution is 2.50. The Morgan fingerprint density at radius 1 is 0.274 bits per heavy atom. The highest BCUT2D eigenvalue weighted by atomic mass is 15.1. The standard InChI is InChI=1S/C61H43N/c1-61(2)59-24-10-9-21-56(59)57-36-30-44(39-60(57)61)43-15-11-16-48(37-43)62(46-31-25-41(26-32-46)50-22-12-23-53-49-17-5-3-13-40(49)29-35-55(50)53)47-33-27-42(28-34-47)58-38-45-14-4-6-18-51(45)52-19-7-8-20-54(52)58/h3-39H,1-2H3. The molecule has 0 N–H and O–H groups in total. The molecule has 62 heavy (non-hydrogen) atoms. The second-order valence-electron chi connectivity index (χ2n) is 17.3. The van der Waals surface area contributed by atoms with Gasteiger partial charge in [-0.3, -0.25) is 0 Å². The van der Waals surface area contributed by atoms with Crippen LogP contribution in [0.2, 0.25) is 0 Å². The minimum atomic E-state index is -0.0668. The lowest BCUT2D eigenvalue weighted by Crippen LogP contribution is -2.14. The van der Waals surface area contributed by atoms with Crippen LogP contribution in [0.1, 0.15) is 25.0 Å². The first-order valence-corrected chi connectivity index (χ1v) is 21.7. The lowest BCUT2D eigenvalue weighted by molar-refractivity contribution is 0.660. The second-order valence-corrected chi connectivity index (χ2v) is 17.3. The van der Waals surface area contributed by atoms with Crippen LogP contribution < -0.4 is 4.90 Å². The van der Waals surface area contributed by atoms with Gasteiger partial charge in [0.25, 0.3) is 0 Å². The fourth-order valence-electron chi connectivity index (χ4n) is 10.3. The Morgan fingerprint density at radius 2 is 0.790 bits per heavy atom. The van der Waals surface area contributed by atoms with Crippen molar-refractivity contribution in [3.05, 3.63) is 236 Å². The number of rotatable bonds is 6. The summed E-state index contributed by atoms with van der Waals surface area (Å²) in [4.78, 5) is 2.40. The molecule has 1 aliphatic carbocycles. The van der Waals surface area contributed by atoms with Gasteiger partial charge >= 0.3 is 0 Å². The van der Waals surface area contributed by atoms with Crippen molar-refractivity contribution < 1.29 is 0 Å². The van der Waals surface area contributed by atoms with E-state index >= 15 is 0 Å². The Labute approximate surface area is 362 Å². The van der Waals surface area contributed by atoms with E-state index in [2.05, 4.69) is 243 Å². The van der Waals surface area contributed by atoms with Crippen LogP contribution in [0.4, 0.5) is 17.1 Å². The number of anilines is 3. The highest BCUT2D eigenvalue weighted by molar-refractivity contribution is 6.14. The second kappa shape index (κ2) is 14.2. The maximum Gasteiger partial charge on any atom is 0.0467 e. The van der Waals surface area contributed by atoms with Crippen LogP contribution in [-0.4, -0.2) is 0 Å². The molecule has 292 valence electrons. The van der Waals surface area contributed by atoms with Crippen LogP contribution in [0.25, 0.3) is 87.6 Å². The molecule has 0 unspecified atom stereocenters. The van der Waals surface area contributed by atoms with E-state index in [1.54, 1.807) is 0 Å². The van der Waals surface area contributed by atoms with Crippen molar-refractivity contribution in [3.8, 4) is 44.5 Å². The summed E-state index contributed by atoms with van der Waals surface area (Å²) in [5, 5.41) is 10.2. The number of nitrogens with zero attached hydrogens (tertiary/aromatic N) is 1. The molecule has 0 atom stereocenters. The molecular formula is C61H43N. The molecule has 0 bridgehead atoms. The van der Waals surface area contributed by atoms with E-state index in [0.717, 1.165) is 17.1 Å². The maximum atomic E-state index is 2.42. The molecule has 0 saturated heterocycles. The number of fused-ring (bicyclic) bond motifs is 9. The van der Waals surface area contributed by atoms with E-state index in [1.165, 1.54) is 98.7 Å². The zero-order valence-corrected chi connectivity index (χ0v) is 34.8. The number of hydrogen-bond acceptors (Lipinski definition) is 1. The summed E-state index contributed by atoms with van der Waals surface area (Å²) in [6.45, 7) is 4.71. The molecule has 0 radical (unpaired) electrons. The van der Waals surface area contributed by atoms with Crippen LogP contribution in [0.3, 0.4) is 0 Å². The fourth-order valence-corrected chi connectivity index (χ4v) is 10.3. The third-order valence-corrected chi connectivity index (χ3v) is 13.4. The van der Waals surface area contributed by atoms with Gasteiger partial charge in [0.15, 0.2) is 0 Å². The van der Waals surface area contributed by atoms with Crippen molar-refractivity contribution in [1.82, 2.24) is 0 Å². The molecule has 0 fully saturated rings. The first-order chi connectivity index (χ1) is 30.5. The molecule has 0 spiro atoms. The predicted molar refractivity (Wildman–Crippen MR) is 265 cm³/mol. The third kappa shape index (κ3) is 5.77. The number of hydrogen-bond donors (Lipinski definition) is 0. The summed E-state index contributed by atoms with van der Waals surface area (Å²) < 4.78 is 0. The molecule has 1 heteroatoms. The van der Waals surface area contributed by atoms with Crippen molar-refractivity contribution in [2.45, 2.75) is 19.3 Å². The summed E-state index contributed by atoms with van der Waals surface area (Å²) in [5.74, 6) is 0. The van der Waals surface area contributed by atoms with Gasteiger partial charge in [-0.15, -0.1) is 0 Å². The molecule has 11 aromatic carbocycles. The van der Waals surface area contributed by atoms with Gasteiger partial charge in [0.2, 0.25) is 0 Å². The SMILES string of the molecule is CC1(C)c2ccccc2-c2ccc(-c3cccc(N(c4ccc(-c5cccc6c5ccc5ccccc56)cc4)c4ccc(-c5cc6ccccc6c6ccccc56)cc4)c3)cc21. The van der Waals surface area contributed by atoms with Crippen molar-refractivity contribution in [3.63, 3.8) is 0 Å². The van der Waals surface area contributed by atoms with Crippen molar-refractivity contribution >= 4 is 60.2 Å². The van der Waals surface area contributed by atoms with Crippen molar-refractivity contribution in [2.24, 2.45) is 0 Å². The molecule has 0 amide bonds. The molecule has 0 heterocycles. The summed E-state index contributed by atoms with van der Waals surface area (Å²) in [6, 6.07) is 83.0. The summed E-state index contributed by atoms with van der Waals surface area (Å²) in [7, 11) is 0. The maximum absolute atomic E-state index is 2.42. The minimum absolute atomic E-state index is 0.0668. The Hall–Kier alpha value is -7.74. The molecule has 0 aliphatic heterocycles. The predicted octanol–water partition coefficient (Wildman–Crippen LogP) is 17.1. The van der Waals surface area contributed by atoms with Crippen molar-refractivity contribution in [2.75, 3.05) is 4.90 Å². The summed E-state index contributed by atoms with van der Waals surface area (Å²) in [5.41, 5.74) is 16.0. The van der Waals surface area contributed by atoms with Crippen molar-refractivity contribution in [1.29, 1.82) is 0 Å². The Bertz CT molecular complexity index is 3540. The van der Waals surface area contributed by atoms with Crippen LogP contribution in [0.15, 0.2) is 224 Å². The van der Waals surface area contributed by atoms with Gasteiger partial charge < -0.3 is 4.90 Å². The molecule has 12 rings (SSSR count). The summed E-state index contributed by atoms with van der Waals surface area (Å²) in [6.07, 6.45) is 0. The van der Waals surface area contributed by atoms with Crippen LogP contribution in [0, 0.1) is 0 Å². The van der Waals surface area contributed by atoms with E-state index in [9.17, 15) is 0 Å². The molecule has 1 aliphatic rings. The average molecular weight is 790 g/mol.